The van der Waals surface area contributed by atoms with Crippen molar-refractivity contribution in [3.05, 3.63) is 41.6 Å². The summed E-state index contributed by atoms with van der Waals surface area (Å²) in [5.41, 5.74) is 6.68. The van der Waals surface area contributed by atoms with E-state index in [9.17, 15) is 4.79 Å². The van der Waals surface area contributed by atoms with Gasteiger partial charge in [-0.25, -0.2) is 4.68 Å². The van der Waals surface area contributed by atoms with Crippen molar-refractivity contribution in [1.82, 2.24) is 9.78 Å². The van der Waals surface area contributed by atoms with Crippen LogP contribution in [0.2, 0.25) is 0 Å². The SMILES string of the molecule is COc1cccc(C2CCNc3cc(C(N)=O)nn32)c1. The molecular weight excluding hydrogens is 256 g/mol. The molecule has 0 radical (unpaired) electrons. The van der Waals surface area contributed by atoms with Crippen LogP contribution in [0.5, 0.6) is 5.75 Å². The van der Waals surface area contributed by atoms with Crippen LogP contribution < -0.4 is 15.8 Å². The molecule has 1 aromatic heterocycles. The maximum Gasteiger partial charge on any atom is 0.269 e. The summed E-state index contributed by atoms with van der Waals surface area (Å²) in [5.74, 6) is 1.11. The van der Waals surface area contributed by atoms with Gasteiger partial charge in [0.15, 0.2) is 5.69 Å². The minimum Gasteiger partial charge on any atom is -0.497 e. The number of rotatable bonds is 3. The zero-order chi connectivity index (χ0) is 14.1. The second-order valence-corrected chi connectivity index (χ2v) is 4.73. The van der Waals surface area contributed by atoms with Crippen molar-refractivity contribution in [2.45, 2.75) is 12.5 Å². The Bertz CT molecular complexity index is 650. The van der Waals surface area contributed by atoms with Gasteiger partial charge in [-0.15, -0.1) is 0 Å². The number of primary amides is 1. The zero-order valence-corrected chi connectivity index (χ0v) is 11.2. The number of nitrogens with two attached hydrogens (primary N) is 1. The molecule has 2 aromatic rings. The Morgan fingerprint density at radius 2 is 2.35 bits per heavy atom. The molecule has 1 aliphatic rings. The largest absolute Gasteiger partial charge is 0.497 e. The number of anilines is 1. The molecule has 1 atom stereocenters. The van der Waals surface area contributed by atoms with Gasteiger partial charge in [0.2, 0.25) is 0 Å². The van der Waals surface area contributed by atoms with Crippen molar-refractivity contribution in [1.29, 1.82) is 0 Å². The smallest absolute Gasteiger partial charge is 0.269 e. The minimum absolute atomic E-state index is 0.0782. The quantitative estimate of drug-likeness (QED) is 0.884. The highest BCUT2D eigenvalue weighted by atomic mass is 16.5. The molecule has 3 N–H and O–H groups in total. The van der Waals surface area contributed by atoms with Gasteiger partial charge in [-0.3, -0.25) is 4.79 Å². The standard InChI is InChI=1S/C14H16N4O2/c1-20-10-4-2-3-9(7-10)12-5-6-16-13-8-11(14(15)19)17-18(12)13/h2-4,7-8,12,16H,5-6H2,1H3,(H2,15,19). The Hall–Kier alpha value is -2.50. The van der Waals surface area contributed by atoms with Crippen molar-refractivity contribution in [3.63, 3.8) is 0 Å². The molecule has 1 amide bonds. The summed E-state index contributed by atoms with van der Waals surface area (Å²) in [4.78, 5) is 11.3. The molecular formula is C14H16N4O2. The molecule has 6 nitrogen and oxygen atoms in total. The van der Waals surface area contributed by atoms with Crippen LogP contribution in [0, 0.1) is 0 Å². The number of aromatic nitrogens is 2. The minimum atomic E-state index is -0.516. The Morgan fingerprint density at radius 1 is 1.50 bits per heavy atom. The van der Waals surface area contributed by atoms with Crippen LogP contribution in [0.15, 0.2) is 30.3 Å². The predicted molar refractivity (Wildman–Crippen MR) is 75.0 cm³/mol. The molecule has 1 aliphatic heterocycles. The van der Waals surface area contributed by atoms with E-state index in [0.717, 1.165) is 30.1 Å². The molecule has 2 heterocycles. The summed E-state index contributed by atoms with van der Waals surface area (Å²) >= 11 is 0. The highest BCUT2D eigenvalue weighted by molar-refractivity contribution is 5.91. The molecule has 3 rings (SSSR count). The van der Waals surface area contributed by atoms with E-state index in [2.05, 4.69) is 10.4 Å². The van der Waals surface area contributed by atoms with E-state index in [1.807, 2.05) is 28.9 Å². The van der Waals surface area contributed by atoms with E-state index in [4.69, 9.17) is 10.5 Å². The molecule has 20 heavy (non-hydrogen) atoms. The second kappa shape index (κ2) is 4.88. The number of methoxy groups -OCH3 is 1. The lowest BCUT2D eigenvalue weighted by atomic mass is 10.0. The fourth-order valence-corrected chi connectivity index (χ4v) is 2.50. The van der Waals surface area contributed by atoms with Crippen LogP contribution in [-0.4, -0.2) is 29.3 Å². The summed E-state index contributed by atoms with van der Waals surface area (Å²) in [6.45, 7) is 0.825. The van der Waals surface area contributed by atoms with Gasteiger partial charge in [-0.05, 0) is 24.1 Å². The number of fused-ring (bicyclic) bond motifs is 1. The van der Waals surface area contributed by atoms with E-state index in [-0.39, 0.29) is 11.7 Å². The Kier molecular flexibility index (Phi) is 3.06. The molecule has 1 unspecified atom stereocenters. The van der Waals surface area contributed by atoms with Gasteiger partial charge in [0.1, 0.15) is 11.6 Å². The molecule has 0 aliphatic carbocycles. The Labute approximate surface area is 116 Å². The highest BCUT2D eigenvalue weighted by Crippen LogP contribution is 2.31. The lowest BCUT2D eigenvalue weighted by molar-refractivity contribution is 0.0994. The zero-order valence-electron chi connectivity index (χ0n) is 11.2. The molecule has 0 saturated heterocycles. The van der Waals surface area contributed by atoms with Crippen molar-refractivity contribution >= 4 is 11.7 Å². The van der Waals surface area contributed by atoms with Crippen molar-refractivity contribution < 1.29 is 9.53 Å². The topological polar surface area (TPSA) is 82.2 Å². The van der Waals surface area contributed by atoms with Crippen LogP contribution in [-0.2, 0) is 0 Å². The lowest BCUT2D eigenvalue weighted by Crippen LogP contribution is -2.24. The molecule has 0 saturated carbocycles. The Morgan fingerprint density at radius 3 is 3.10 bits per heavy atom. The van der Waals surface area contributed by atoms with E-state index in [1.54, 1.807) is 13.2 Å². The van der Waals surface area contributed by atoms with Gasteiger partial charge in [-0.1, -0.05) is 12.1 Å². The van der Waals surface area contributed by atoms with Gasteiger partial charge in [0.05, 0.1) is 13.2 Å². The molecule has 6 heteroatoms. The lowest BCUT2D eigenvalue weighted by Gasteiger charge is -2.26. The summed E-state index contributed by atoms with van der Waals surface area (Å²) in [7, 11) is 1.64. The van der Waals surface area contributed by atoms with Crippen LogP contribution >= 0.6 is 0 Å². The summed E-state index contributed by atoms with van der Waals surface area (Å²) in [6.07, 6.45) is 0.889. The maximum atomic E-state index is 11.3. The Balaban J connectivity index is 2.02. The fourth-order valence-electron chi connectivity index (χ4n) is 2.50. The van der Waals surface area contributed by atoms with E-state index >= 15 is 0 Å². The number of benzene rings is 1. The third-order valence-corrected chi connectivity index (χ3v) is 3.49. The van der Waals surface area contributed by atoms with E-state index < -0.39 is 5.91 Å². The molecule has 0 bridgehead atoms. The molecule has 0 fully saturated rings. The fraction of sp³-hybridized carbons (Fsp3) is 0.286. The third-order valence-electron chi connectivity index (χ3n) is 3.49. The van der Waals surface area contributed by atoms with Crippen LogP contribution in [0.3, 0.4) is 0 Å². The van der Waals surface area contributed by atoms with Crippen molar-refractivity contribution in [3.8, 4) is 5.75 Å². The average Bonchev–Trinajstić information content (AvgIpc) is 2.91. The summed E-state index contributed by atoms with van der Waals surface area (Å²) in [5, 5.41) is 7.53. The number of nitrogens with zero attached hydrogens (tertiary/aromatic N) is 2. The first-order valence-electron chi connectivity index (χ1n) is 6.46. The first-order chi connectivity index (χ1) is 9.69. The first-order valence-corrected chi connectivity index (χ1v) is 6.46. The van der Waals surface area contributed by atoms with Gasteiger partial charge in [0, 0.05) is 12.6 Å². The summed E-state index contributed by atoms with van der Waals surface area (Å²) < 4.78 is 7.08. The van der Waals surface area contributed by atoms with Crippen LogP contribution in [0.1, 0.15) is 28.5 Å². The maximum absolute atomic E-state index is 11.3. The third kappa shape index (κ3) is 2.09. The van der Waals surface area contributed by atoms with Crippen molar-refractivity contribution in [2.24, 2.45) is 5.73 Å². The molecule has 1 aromatic carbocycles. The normalized spacial score (nSPS) is 17.1. The number of carbonyl (C=O) groups is 1. The molecule has 104 valence electrons. The number of ether oxygens (including phenoxy) is 1. The van der Waals surface area contributed by atoms with E-state index in [1.165, 1.54) is 0 Å². The number of hydrogen-bond acceptors (Lipinski definition) is 4. The average molecular weight is 272 g/mol. The van der Waals surface area contributed by atoms with Crippen LogP contribution in [0.25, 0.3) is 0 Å². The highest BCUT2D eigenvalue weighted by Gasteiger charge is 2.24. The number of carbonyl (C=O) groups excluding carboxylic acids is 1. The number of hydrogen-bond donors (Lipinski definition) is 2. The summed E-state index contributed by atoms with van der Waals surface area (Å²) in [6, 6.07) is 9.65. The monoisotopic (exact) mass is 272 g/mol. The van der Waals surface area contributed by atoms with Crippen molar-refractivity contribution in [2.75, 3.05) is 19.0 Å². The van der Waals surface area contributed by atoms with E-state index in [0.29, 0.717) is 0 Å². The van der Waals surface area contributed by atoms with Gasteiger partial charge in [0.25, 0.3) is 5.91 Å². The number of nitrogens with one attached hydrogen (secondary N) is 1. The predicted octanol–water partition coefficient (Wildman–Crippen LogP) is 1.40. The van der Waals surface area contributed by atoms with Gasteiger partial charge in [-0.2, -0.15) is 5.10 Å². The van der Waals surface area contributed by atoms with Crippen LogP contribution in [0.4, 0.5) is 5.82 Å². The first kappa shape index (κ1) is 12.5. The second-order valence-electron chi connectivity index (χ2n) is 4.73. The molecule has 0 spiro atoms. The van der Waals surface area contributed by atoms with Gasteiger partial charge >= 0.3 is 0 Å². The van der Waals surface area contributed by atoms with Gasteiger partial charge < -0.3 is 15.8 Å². The number of amides is 1.